The fourth-order valence-electron chi connectivity index (χ4n) is 1.67. The molecule has 0 bridgehead atoms. The topological polar surface area (TPSA) is 75.1 Å². The average molecular weight is 292 g/mol. The van der Waals surface area contributed by atoms with Crippen LogP contribution in [-0.2, 0) is 0 Å². The first-order valence-electron chi connectivity index (χ1n) is 6.09. The summed E-state index contributed by atoms with van der Waals surface area (Å²) in [6.45, 7) is 4.09. The largest absolute Gasteiger partial charge is 0.478 e. The van der Waals surface area contributed by atoms with Gasteiger partial charge in [-0.3, -0.25) is 0 Å². The molecule has 0 aliphatic carbocycles. The molecule has 104 valence electrons. The summed E-state index contributed by atoms with van der Waals surface area (Å²) in [4.78, 5) is 19.2. The normalized spacial score (nSPS) is 10.6. The quantitative estimate of drug-likeness (QED) is 0.898. The monoisotopic (exact) mass is 291 g/mol. The smallest absolute Gasteiger partial charge is 0.337 e. The summed E-state index contributed by atoms with van der Waals surface area (Å²) in [5.41, 5.74) is 1.67. The Morgan fingerprint density at radius 3 is 2.65 bits per heavy atom. The third-order valence-electron chi connectivity index (χ3n) is 2.75. The molecule has 5 nitrogen and oxygen atoms in total. The van der Waals surface area contributed by atoms with E-state index < -0.39 is 5.97 Å². The van der Waals surface area contributed by atoms with Gasteiger partial charge in [0.2, 0.25) is 0 Å². The van der Waals surface area contributed by atoms with Crippen LogP contribution in [0.15, 0.2) is 30.6 Å². The first kappa shape index (κ1) is 14.3. The molecule has 0 radical (unpaired) electrons. The van der Waals surface area contributed by atoms with Crippen molar-refractivity contribution in [3.8, 4) is 0 Å². The van der Waals surface area contributed by atoms with E-state index in [2.05, 4.69) is 15.3 Å². The van der Waals surface area contributed by atoms with Gasteiger partial charge in [0.1, 0.15) is 12.1 Å². The number of hydrogen-bond donors (Lipinski definition) is 2. The lowest BCUT2D eigenvalue weighted by molar-refractivity contribution is 0.0697. The van der Waals surface area contributed by atoms with Crippen LogP contribution in [0.4, 0.5) is 11.5 Å². The number of hydrogen-bond acceptors (Lipinski definition) is 4. The van der Waals surface area contributed by atoms with Gasteiger partial charge in [0.15, 0.2) is 0 Å². The highest BCUT2D eigenvalue weighted by Crippen LogP contribution is 2.24. The predicted molar refractivity (Wildman–Crippen MR) is 77.8 cm³/mol. The molecule has 1 aromatic carbocycles. The summed E-state index contributed by atoms with van der Waals surface area (Å²) >= 11 is 5.92. The first-order chi connectivity index (χ1) is 9.47. The van der Waals surface area contributed by atoms with E-state index in [0.29, 0.717) is 17.4 Å². The molecule has 6 heteroatoms. The molecular formula is C14H14ClN3O2. The number of rotatable bonds is 4. The molecule has 0 aliphatic heterocycles. The number of carboxylic acid groups (broad SMARTS) is 1. The third kappa shape index (κ3) is 3.24. The highest BCUT2D eigenvalue weighted by molar-refractivity contribution is 6.33. The predicted octanol–water partition coefficient (Wildman–Crippen LogP) is 3.70. The standard InChI is InChI=1S/C14H14ClN3O2/c1-8(2)12-6-13(17-7-16-12)18-9-3-4-10(14(19)20)11(15)5-9/h3-8H,1-2H3,(H,19,20)(H,16,17,18). The number of carbonyl (C=O) groups is 1. The van der Waals surface area contributed by atoms with Crippen molar-refractivity contribution >= 4 is 29.1 Å². The molecule has 0 atom stereocenters. The molecule has 0 amide bonds. The Hall–Kier alpha value is -2.14. The average Bonchev–Trinajstić information content (AvgIpc) is 2.38. The molecule has 2 aromatic rings. The molecule has 2 N–H and O–H groups in total. The lowest BCUT2D eigenvalue weighted by Gasteiger charge is -2.09. The molecule has 0 saturated heterocycles. The van der Waals surface area contributed by atoms with Gasteiger partial charge in [-0.1, -0.05) is 25.4 Å². The van der Waals surface area contributed by atoms with Crippen LogP contribution in [0.25, 0.3) is 0 Å². The summed E-state index contributed by atoms with van der Waals surface area (Å²) in [5.74, 6) is -0.106. The van der Waals surface area contributed by atoms with Crippen molar-refractivity contribution in [3.05, 3.63) is 46.9 Å². The Balaban J connectivity index is 2.24. The van der Waals surface area contributed by atoms with Crippen LogP contribution in [0.5, 0.6) is 0 Å². The summed E-state index contributed by atoms with van der Waals surface area (Å²) in [7, 11) is 0. The lowest BCUT2D eigenvalue weighted by atomic mass is 10.1. The van der Waals surface area contributed by atoms with Gasteiger partial charge in [-0.05, 0) is 24.1 Å². The molecule has 1 aromatic heterocycles. The second kappa shape index (κ2) is 5.88. The molecule has 20 heavy (non-hydrogen) atoms. The number of nitrogens with one attached hydrogen (secondary N) is 1. The number of halogens is 1. The van der Waals surface area contributed by atoms with E-state index in [1.54, 1.807) is 12.1 Å². The number of carboxylic acids is 1. The van der Waals surface area contributed by atoms with Gasteiger partial charge in [-0.15, -0.1) is 0 Å². The van der Waals surface area contributed by atoms with E-state index in [4.69, 9.17) is 16.7 Å². The zero-order valence-electron chi connectivity index (χ0n) is 11.1. The van der Waals surface area contributed by atoms with Gasteiger partial charge in [0.05, 0.1) is 10.6 Å². The Kier molecular flexibility index (Phi) is 4.20. The number of aromatic nitrogens is 2. The fourth-order valence-corrected chi connectivity index (χ4v) is 1.93. The fraction of sp³-hybridized carbons (Fsp3) is 0.214. The van der Waals surface area contributed by atoms with Gasteiger partial charge in [-0.2, -0.15) is 0 Å². The van der Waals surface area contributed by atoms with Crippen LogP contribution in [-0.4, -0.2) is 21.0 Å². The Bertz CT molecular complexity index is 644. The van der Waals surface area contributed by atoms with Crippen molar-refractivity contribution in [2.45, 2.75) is 19.8 Å². The Morgan fingerprint density at radius 2 is 2.05 bits per heavy atom. The second-order valence-electron chi connectivity index (χ2n) is 4.61. The number of anilines is 2. The Labute approximate surface area is 121 Å². The summed E-state index contributed by atoms with van der Waals surface area (Å²) in [5, 5.41) is 12.2. The van der Waals surface area contributed by atoms with Gasteiger partial charge in [0.25, 0.3) is 0 Å². The van der Waals surface area contributed by atoms with Crippen molar-refractivity contribution in [2.24, 2.45) is 0 Å². The molecule has 2 rings (SSSR count). The molecule has 0 saturated carbocycles. The van der Waals surface area contributed by atoms with E-state index in [0.717, 1.165) is 5.69 Å². The number of aromatic carboxylic acids is 1. The third-order valence-corrected chi connectivity index (χ3v) is 3.06. The van der Waals surface area contributed by atoms with Crippen LogP contribution >= 0.6 is 11.6 Å². The van der Waals surface area contributed by atoms with Crippen LogP contribution in [0.1, 0.15) is 35.8 Å². The molecule has 0 spiro atoms. The minimum atomic E-state index is -1.05. The van der Waals surface area contributed by atoms with Crippen molar-refractivity contribution in [2.75, 3.05) is 5.32 Å². The SMILES string of the molecule is CC(C)c1cc(Nc2ccc(C(=O)O)c(Cl)c2)ncn1. The van der Waals surface area contributed by atoms with Gasteiger partial charge in [-0.25, -0.2) is 14.8 Å². The van der Waals surface area contributed by atoms with Crippen LogP contribution in [0.3, 0.4) is 0 Å². The highest BCUT2D eigenvalue weighted by Gasteiger charge is 2.09. The number of benzene rings is 1. The summed E-state index contributed by atoms with van der Waals surface area (Å²) in [6.07, 6.45) is 1.49. The van der Waals surface area contributed by atoms with Gasteiger partial charge < -0.3 is 10.4 Å². The molecule has 0 aliphatic rings. The van der Waals surface area contributed by atoms with Crippen molar-refractivity contribution in [3.63, 3.8) is 0 Å². The highest BCUT2D eigenvalue weighted by atomic mass is 35.5. The van der Waals surface area contributed by atoms with Crippen LogP contribution in [0.2, 0.25) is 5.02 Å². The van der Waals surface area contributed by atoms with Crippen LogP contribution in [0, 0.1) is 0 Å². The zero-order valence-corrected chi connectivity index (χ0v) is 11.8. The maximum Gasteiger partial charge on any atom is 0.337 e. The maximum atomic E-state index is 10.9. The van der Waals surface area contributed by atoms with Gasteiger partial charge >= 0.3 is 5.97 Å². The zero-order chi connectivity index (χ0) is 14.7. The molecule has 0 unspecified atom stereocenters. The molecule has 1 heterocycles. The second-order valence-corrected chi connectivity index (χ2v) is 5.01. The first-order valence-corrected chi connectivity index (χ1v) is 6.47. The van der Waals surface area contributed by atoms with Crippen molar-refractivity contribution < 1.29 is 9.90 Å². The van der Waals surface area contributed by atoms with E-state index in [1.807, 2.05) is 19.9 Å². The molecule has 0 fully saturated rings. The van der Waals surface area contributed by atoms with E-state index in [9.17, 15) is 4.79 Å². The van der Waals surface area contributed by atoms with Gasteiger partial charge in [0, 0.05) is 17.4 Å². The minimum absolute atomic E-state index is 0.0720. The minimum Gasteiger partial charge on any atom is -0.478 e. The van der Waals surface area contributed by atoms with Crippen molar-refractivity contribution in [1.82, 2.24) is 9.97 Å². The van der Waals surface area contributed by atoms with E-state index in [-0.39, 0.29) is 10.6 Å². The number of nitrogens with zero attached hydrogens (tertiary/aromatic N) is 2. The molecular weight excluding hydrogens is 278 g/mol. The van der Waals surface area contributed by atoms with E-state index in [1.165, 1.54) is 12.4 Å². The summed E-state index contributed by atoms with van der Waals surface area (Å²) < 4.78 is 0. The van der Waals surface area contributed by atoms with Crippen molar-refractivity contribution in [1.29, 1.82) is 0 Å². The van der Waals surface area contributed by atoms with E-state index >= 15 is 0 Å². The maximum absolute atomic E-state index is 10.9. The summed E-state index contributed by atoms with van der Waals surface area (Å²) in [6, 6.07) is 6.51. The Morgan fingerprint density at radius 1 is 1.30 bits per heavy atom. The lowest BCUT2D eigenvalue weighted by Crippen LogP contribution is -2.01. The van der Waals surface area contributed by atoms with Crippen LogP contribution < -0.4 is 5.32 Å².